The van der Waals surface area contributed by atoms with Crippen molar-refractivity contribution in [2.75, 3.05) is 18.0 Å². The number of aromatic nitrogens is 6. The standard InChI is InChI=1S/C20H13F6N7O3/c21-15-6-28-16-12(4-11(31-33(15)16)10-5-29-18(35)30-17(10)34)32-7-14(19(22,23)8-32)36-9-1-2-27-13(3-9)20(24,25)26/h1-6,14H,7-8H2,(H2,29,30,34,35)/t14-/m0/s1. The van der Waals surface area contributed by atoms with Crippen molar-refractivity contribution >= 4 is 11.3 Å². The average Bonchev–Trinajstić information content (AvgIpc) is 3.32. The summed E-state index contributed by atoms with van der Waals surface area (Å²) in [4.78, 5) is 35.9. The van der Waals surface area contributed by atoms with Gasteiger partial charge in [0.05, 0.1) is 30.5 Å². The molecule has 5 rings (SSSR count). The molecule has 1 atom stereocenters. The van der Waals surface area contributed by atoms with Gasteiger partial charge in [-0.25, -0.2) is 18.6 Å². The smallest absolute Gasteiger partial charge is 0.433 e. The van der Waals surface area contributed by atoms with E-state index < -0.39 is 59.9 Å². The molecule has 10 nitrogen and oxygen atoms in total. The minimum atomic E-state index is -4.80. The van der Waals surface area contributed by atoms with Gasteiger partial charge in [0.2, 0.25) is 5.95 Å². The van der Waals surface area contributed by atoms with E-state index in [1.54, 1.807) is 0 Å². The van der Waals surface area contributed by atoms with Crippen LogP contribution in [0.15, 0.2) is 46.4 Å². The van der Waals surface area contributed by atoms with E-state index in [9.17, 15) is 35.9 Å². The highest BCUT2D eigenvalue weighted by atomic mass is 19.4. The number of fused-ring (bicyclic) bond motifs is 1. The van der Waals surface area contributed by atoms with Gasteiger partial charge in [-0.05, 0) is 12.1 Å². The van der Waals surface area contributed by atoms with Crippen LogP contribution in [0.5, 0.6) is 5.75 Å². The molecule has 1 fully saturated rings. The fourth-order valence-electron chi connectivity index (χ4n) is 3.76. The predicted molar refractivity (Wildman–Crippen MR) is 110 cm³/mol. The molecule has 1 saturated heterocycles. The first-order chi connectivity index (χ1) is 16.9. The maximum Gasteiger partial charge on any atom is 0.433 e. The van der Waals surface area contributed by atoms with Crippen molar-refractivity contribution in [2.45, 2.75) is 18.2 Å². The van der Waals surface area contributed by atoms with Gasteiger partial charge in [-0.15, -0.1) is 0 Å². The number of hydrogen-bond donors (Lipinski definition) is 2. The van der Waals surface area contributed by atoms with E-state index in [-0.39, 0.29) is 22.6 Å². The largest absolute Gasteiger partial charge is 0.482 e. The zero-order valence-electron chi connectivity index (χ0n) is 17.7. The maximum absolute atomic E-state index is 14.9. The summed E-state index contributed by atoms with van der Waals surface area (Å²) in [5.74, 6) is -4.96. The topological polar surface area (TPSA) is 121 Å². The number of pyridine rings is 1. The lowest BCUT2D eigenvalue weighted by Crippen LogP contribution is -2.36. The van der Waals surface area contributed by atoms with E-state index in [4.69, 9.17) is 4.74 Å². The third-order valence-electron chi connectivity index (χ3n) is 5.40. The molecule has 0 unspecified atom stereocenters. The Morgan fingerprint density at radius 1 is 1.17 bits per heavy atom. The highest BCUT2D eigenvalue weighted by Crippen LogP contribution is 2.37. The number of alkyl halides is 5. The monoisotopic (exact) mass is 513 g/mol. The molecule has 0 radical (unpaired) electrons. The van der Waals surface area contributed by atoms with Crippen LogP contribution >= 0.6 is 0 Å². The van der Waals surface area contributed by atoms with Gasteiger partial charge in [0.25, 0.3) is 5.56 Å². The first-order valence-electron chi connectivity index (χ1n) is 10.1. The van der Waals surface area contributed by atoms with Crippen molar-refractivity contribution in [1.82, 2.24) is 29.5 Å². The molecule has 4 aromatic rings. The van der Waals surface area contributed by atoms with Crippen molar-refractivity contribution in [3.05, 3.63) is 69.3 Å². The summed E-state index contributed by atoms with van der Waals surface area (Å²) in [6.45, 7) is -1.48. The lowest BCUT2D eigenvalue weighted by atomic mass is 10.2. The highest BCUT2D eigenvalue weighted by Gasteiger charge is 2.51. The summed E-state index contributed by atoms with van der Waals surface area (Å²) in [6, 6.07) is 2.73. The summed E-state index contributed by atoms with van der Waals surface area (Å²) in [6.07, 6.45) is -4.07. The van der Waals surface area contributed by atoms with E-state index >= 15 is 0 Å². The van der Waals surface area contributed by atoms with Gasteiger partial charge < -0.3 is 14.6 Å². The Morgan fingerprint density at radius 2 is 1.94 bits per heavy atom. The molecule has 188 valence electrons. The van der Waals surface area contributed by atoms with Crippen LogP contribution in [0.25, 0.3) is 16.9 Å². The van der Waals surface area contributed by atoms with E-state index in [0.29, 0.717) is 10.6 Å². The van der Waals surface area contributed by atoms with Crippen LogP contribution in [0.3, 0.4) is 0 Å². The Hall–Kier alpha value is -4.37. The molecule has 1 aliphatic rings. The van der Waals surface area contributed by atoms with Crippen LogP contribution < -0.4 is 20.9 Å². The van der Waals surface area contributed by atoms with Gasteiger partial charge in [0.1, 0.15) is 17.1 Å². The fraction of sp³-hybridized carbons (Fsp3) is 0.250. The lowest BCUT2D eigenvalue weighted by molar-refractivity contribution is -0.141. The van der Waals surface area contributed by atoms with Crippen molar-refractivity contribution in [3.63, 3.8) is 0 Å². The molecule has 0 saturated carbocycles. The summed E-state index contributed by atoms with van der Waals surface area (Å²) < 4.78 is 88.8. The lowest BCUT2D eigenvalue weighted by Gasteiger charge is -2.19. The second-order valence-corrected chi connectivity index (χ2v) is 7.84. The van der Waals surface area contributed by atoms with E-state index in [0.717, 1.165) is 29.6 Å². The van der Waals surface area contributed by atoms with Crippen LogP contribution in [0.1, 0.15) is 5.69 Å². The molecule has 5 heterocycles. The van der Waals surface area contributed by atoms with Crippen LogP contribution in [0.2, 0.25) is 0 Å². The predicted octanol–water partition coefficient (Wildman–Crippen LogP) is 2.23. The van der Waals surface area contributed by atoms with Crippen molar-refractivity contribution in [1.29, 1.82) is 0 Å². The summed E-state index contributed by atoms with van der Waals surface area (Å²) >= 11 is 0. The van der Waals surface area contributed by atoms with Crippen molar-refractivity contribution in [2.24, 2.45) is 0 Å². The summed E-state index contributed by atoms with van der Waals surface area (Å²) in [5.41, 5.74) is -3.52. The zero-order chi connectivity index (χ0) is 25.8. The van der Waals surface area contributed by atoms with Crippen LogP contribution in [0.4, 0.5) is 32.0 Å². The Morgan fingerprint density at radius 3 is 2.67 bits per heavy atom. The normalized spacial score (nSPS) is 17.6. The first-order valence-corrected chi connectivity index (χ1v) is 10.1. The van der Waals surface area contributed by atoms with Gasteiger partial charge in [-0.1, -0.05) is 0 Å². The van der Waals surface area contributed by atoms with Gasteiger partial charge in [-0.3, -0.25) is 14.8 Å². The number of anilines is 1. The Labute approximate surface area is 195 Å². The molecule has 36 heavy (non-hydrogen) atoms. The van der Waals surface area contributed by atoms with Crippen LogP contribution in [-0.2, 0) is 6.18 Å². The summed E-state index contributed by atoms with van der Waals surface area (Å²) in [7, 11) is 0. The SMILES string of the molecule is O=c1[nH]cc(-c2cc(N3C[C@H](Oc4ccnc(C(F)(F)F)c4)C(F)(F)C3)c3ncc(F)n3n2)c(=O)[nH]1. The number of H-pyrrole nitrogens is 2. The molecule has 16 heteroatoms. The molecule has 0 aromatic carbocycles. The van der Waals surface area contributed by atoms with E-state index in [1.807, 2.05) is 4.98 Å². The fourth-order valence-corrected chi connectivity index (χ4v) is 3.76. The minimum Gasteiger partial charge on any atom is -0.482 e. The van der Waals surface area contributed by atoms with Crippen molar-refractivity contribution < 1.29 is 31.1 Å². The molecule has 0 spiro atoms. The second kappa shape index (κ2) is 8.10. The number of imidazole rings is 1. The summed E-state index contributed by atoms with van der Waals surface area (Å²) in [5, 5.41) is 3.96. The molecule has 0 bridgehead atoms. The molecular formula is C20H13F6N7O3. The highest BCUT2D eigenvalue weighted by molar-refractivity contribution is 5.74. The van der Waals surface area contributed by atoms with Gasteiger partial charge in [0, 0.05) is 18.5 Å². The molecular weight excluding hydrogens is 500 g/mol. The molecule has 0 aliphatic carbocycles. The Balaban J connectivity index is 1.52. The van der Waals surface area contributed by atoms with E-state index in [2.05, 4.69) is 20.1 Å². The maximum atomic E-state index is 14.9. The quantitative estimate of drug-likeness (QED) is 0.402. The van der Waals surface area contributed by atoms with Gasteiger partial charge in [0.15, 0.2) is 11.8 Å². The Kier molecular flexibility index (Phi) is 5.26. The number of ether oxygens (including phenoxy) is 1. The third-order valence-corrected chi connectivity index (χ3v) is 5.40. The zero-order valence-corrected chi connectivity index (χ0v) is 17.7. The van der Waals surface area contributed by atoms with Gasteiger partial charge in [-0.2, -0.15) is 27.2 Å². The number of hydrogen-bond acceptors (Lipinski definition) is 7. The number of halogens is 6. The molecule has 0 amide bonds. The molecule has 2 N–H and O–H groups in total. The Bertz CT molecular complexity index is 1580. The van der Waals surface area contributed by atoms with Crippen LogP contribution in [-0.4, -0.2) is 54.7 Å². The average molecular weight is 513 g/mol. The number of nitrogens with one attached hydrogen (secondary N) is 2. The number of rotatable bonds is 4. The molecule has 1 aliphatic heterocycles. The first kappa shape index (κ1) is 23.4. The third kappa shape index (κ3) is 4.14. The minimum absolute atomic E-state index is 0.0500. The van der Waals surface area contributed by atoms with Crippen molar-refractivity contribution in [3.8, 4) is 17.0 Å². The van der Waals surface area contributed by atoms with E-state index in [1.165, 1.54) is 6.07 Å². The van der Waals surface area contributed by atoms with Gasteiger partial charge >= 0.3 is 17.8 Å². The number of aromatic amines is 2. The van der Waals surface area contributed by atoms with Crippen LogP contribution in [0, 0.1) is 5.95 Å². The molecule has 4 aromatic heterocycles. The second-order valence-electron chi connectivity index (χ2n) is 7.84. The number of nitrogens with zero attached hydrogens (tertiary/aromatic N) is 5.